The van der Waals surface area contributed by atoms with E-state index in [-0.39, 0.29) is 5.75 Å². The summed E-state index contributed by atoms with van der Waals surface area (Å²) in [5.74, 6) is 0.659. The van der Waals surface area contributed by atoms with Crippen LogP contribution in [-0.2, 0) is 17.5 Å². The van der Waals surface area contributed by atoms with Crippen LogP contribution in [0.2, 0.25) is 0 Å². The number of nitriles is 1. The third-order valence-electron chi connectivity index (χ3n) is 3.83. The Morgan fingerprint density at radius 1 is 1.29 bits per heavy atom. The topological polar surface area (TPSA) is 47.3 Å². The summed E-state index contributed by atoms with van der Waals surface area (Å²) in [4.78, 5) is 2.39. The van der Waals surface area contributed by atoms with Gasteiger partial charge in [0.15, 0.2) is 0 Å². The minimum Gasteiger partial charge on any atom is -0.296 e. The van der Waals surface area contributed by atoms with E-state index in [0.717, 1.165) is 32.7 Å². The highest BCUT2D eigenvalue weighted by Crippen LogP contribution is 2.17. The molecule has 1 unspecified atom stereocenters. The molecule has 114 valence electrons. The van der Waals surface area contributed by atoms with E-state index in [0.29, 0.717) is 5.92 Å². The molecule has 2 rings (SSSR count). The van der Waals surface area contributed by atoms with Gasteiger partial charge in [0.05, 0.1) is 6.07 Å². The van der Waals surface area contributed by atoms with Gasteiger partial charge in [-0.25, -0.2) is 8.51 Å². The van der Waals surface area contributed by atoms with Gasteiger partial charge in [-0.05, 0) is 17.0 Å². The third-order valence-corrected chi connectivity index (χ3v) is 5.15. The molecule has 1 fully saturated rings. The van der Waals surface area contributed by atoms with Crippen LogP contribution in [0.4, 0.5) is 0 Å². The number of hydrogen-bond acceptors (Lipinski definition) is 3. The van der Waals surface area contributed by atoms with Crippen molar-refractivity contribution in [3.05, 3.63) is 35.4 Å². The number of benzene rings is 1. The van der Waals surface area contributed by atoms with Crippen molar-refractivity contribution in [2.24, 2.45) is 0 Å². The second kappa shape index (κ2) is 7.69. The molecule has 0 bridgehead atoms. The minimum atomic E-state index is -1.13. The molecule has 1 aliphatic rings. The molecule has 0 amide bonds. The second-order valence-electron chi connectivity index (χ2n) is 5.73. The third kappa shape index (κ3) is 4.63. The lowest BCUT2D eigenvalue weighted by molar-refractivity contribution is 0.186. The van der Waals surface area contributed by atoms with E-state index < -0.39 is 11.0 Å². The normalized spacial score (nSPS) is 18.6. The summed E-state index contributed by atoms with van der Waals surface area (Å²) >= 11 is 0. The first-order valence-electron chi connectivity index (χ1n) is 7.41. The summed E-state index contributed by atoms with van der Waals surface area (Å²) in [6, 6.07) is 10.7. The fourth-order valence-electron chi connectivity index (χ4n) is 2.55. The molecule has 4 nitrogen and oxygen atoms in total. The molecule has 1 heterocycles. The van der Waals surface area contributed by atoms with Crippen molar-refractivity contribution in [1.29, 1.82) is 5.26 Å². The fourth-order valence-corrected chi connectivity index (χ4v) is 3.41. The fraction of sp³-hybridized carbons (Fsp3) is 0.562. The van der Waals surface area contributed by atoms with Crippen molar-refractivity contribution >= 4 is 11.0 Å². The number of hydrogen-bond donors (Lipinski definition) is 0. The summed E-state index contributed by atoms with van der Waals surface area (Å²) < 4.78 is 13.7. The Hall–Kier alpha value is -1.22. The van der Waals surface area contributed by atoms with Crippen molar-refractivity contribution in [3.63, 3.8) is 0 Å². The largest absolute Gasteiger partial charge is 0.296 e. The maximum atomic E-state index is 11.8. The molecule has 5 heteroatoms. The van der Waals surface area contributed by atoms with E-state index in [2.05, 4.69) is 43.0 Å². The molecule has 1 saturated heterocycles. The van der Waals surface area contributed by atoms with Gasteiger partial charge in [-0.1, -0.05) is 38.1 Å². The molecule has 1 aromatic carbocycles. The van der Waals surface area contributed by atoms with Crippen LogP contribution in [0.25, 0.3) is 0 Å². The van der Waals surface area contributed by atoms with E-state index in [9.17, 15) is 4.21 Å². The lowest BCUT2D eigenvalue weighted by Gasteiger charge is -2.33. The van der Waals surface area contributed by atoms with Gasteiger partial charge >= 0.3 is 0 Å². The van der Waals surface area contributed by atoms with Crippen molar-refractivity contribution < 1.29 is 4.21 Å². The van der Waals surface area contributed by atoms with Gasteiger partial charge in [0.2, 0.25) is 0 Å². The monoisotopic (exact) mass is 305 g/mol. The molecule has 0 N–H and O–H groups in total. The summed E-state index contributed by atoms with van der Waals surface area (Å²) in [5, 5.41) is 8.60. The molecule has 21 heavy (non-hydrogen) atoms. The Bertz CT molecular complexity index is 531. The van der Waals surface area contributed by atoms with Crippen LogP contribution in [0.5, 0.6) is 0 Å². The van der Waals surface area contributed by atoms with E-state index in [1.54, 1.807) is 0 Å². The van der Waals surface area contributed by atoms with E-state index in [1.807, 2.05) is 10.4 Å². The zero-order valence-corrected chi connectivity index (χ0v) is 13.6. The summed E-state index contributed by atoms with van der Waals surface area (Å²) in [7, 11) is -1.13. The molecule has 0 aromatic heterocycles. The van der Waals surface area contributed by atoms with E-state index >= 15 is 0 Å². The van der Waals surface area contributed by atoms with Gasteiger partial charge in [-0.15, -0.1) is 0 Å². The van der Waals surface area contributed by atoms with Crippen LogP contribution in [0.15, 0.2) is 24.3 Å². The quantitative estimate of drug-likeness (QED) is 0.837. The first-order valence-corrected chi connectivity index (χ1v) is 8.69. The van der Waals surface area contributed by atoms with Crippen molar-refractivity contribution in [2.75, 3.05) is 31.9 Å². The molecular weight excluding hydrogens is 282 g/mol. The average Bonchev–Trinajstić information content (AvgIpc) is 2.48. The molecule has 0 saturated carbocycles. The highest BCUT2D eigenvalue weighted by Gasteiger charge is 2.20. The highest BCUT2D eigenvalue weighted by molar-refractivity contribution is 7.82. The number of rotatable bonds is 5. The lowest BCUT2D eigenvalue weighted by Crippen LogP contribution is -2.46. The first-order chi connectivity index (χ1) is 10.1. The zero-order chi connectivity index (χ0) is 15.2. The van der Waals surface area contributed by atoms with Gasteiger partial charge in [0.1, 0.15) is 16.7 Å². The molecule has 0 spiro atoms. The van der Waals surface area contributed by atoms with Crippen LogP contribution in [0, 0.1) is 11.3 Å². The molecule has 1 atom stereocenters. The summed E-state index contributed by atoms with van der Waals surface area (Å²) in [5.41, 5.74) is 2.72. The maximum absolute atomic E-state index is 11.8. The second-order valence-corrected chi connectivity index (χ2v) is 7.18. The Kier molecular flexibility index (Phi) is 5.92. The molecule has 0 aliphatic carbocycles. The lowest BCUT2D eigenvalue weighted by atomic mass is 10.0. The van der Waals surface area contributed by atoms with Crippen molar-refractivity contribution in [3.8, 4) is 6.07 Å². The predicted molar refractivity (Wildman–Crippen MR) is 86.0 cm³/mol. The van der Waals surface area contributed by atoms with Crippen molar-refractivity contribution in [1.82, 2.24) is 9.21 Å². The first kappa shape index (κ1) is 16.2. The van der Waals surface area contributed by atoms with E-state index in [1.165, 1.54) is 11.1 Å². The minimum absolute atomic E-state index is 0.108. The Balaban J connectivity index is 1.88. The van der Waals surface area contributed by atoms with Crippen LogP contribution in [0.1, 0.15) is 30.9 Å². The SMILES string of the molecule is CC(C)c1cccc(CN2CCN(S(=O)CC#N)CC2)c1. The van der Waals surface area contributed by atoms with Gasteiger partial charge in [-0.2, -0.15) is 5.26 Å². The Morgan fingerprint density at radius 2 is 2.00 bits per heavy atom. The van der Waals surface area contributed by atoms with Crippen molar-refractivity contribution in [2.45, 2.75) is 26.3 Å². The Labute approximate surface area is 129 Å². The Morgan fingerprint density at radius 3 is 2.62 bits per heavy atom. The van der Waals surface area contributed by atoms with Crippen LogP contribution < -0.4 is 0 Å². The van der Waals surface area contributed by atoms with Gasteiger partial charge in [0, 0.05) is 32.7 Å². The molecule has 0 radical (unpaired) electrons. The summed E-state index contributed by atoms with van der Waals surface area (Å²) in [6.45, 7) is 8.73. The van der Waals surface area contributed by atoms with Crippen LogP contribution in [-0.4, -0.2) is 45.3 Å². The maximum Gasteiger partial charge on any atom is 0.125 e. The zero-order valence-electron chi connectivity index (χ0n) is 12.8. The standard InChI is InChI=1S/C16H23N3OS/c1-14(2)16-5-3-4-15(12-16)13-18-7-9-19(10-8-18)21(20)11-6-17/h3-5,12,14H,7-11,13H2,1-2H3. The number of nitrogens with zero attached hydrogens (tertiary/aromatic N) is 3. The van der Waals surface area contributed by atoms with E-state index in [4.69, 9.17) is 5.26 Å². The van der Waals surface area contributed by atoms with Gasteiger partial charge in [-0.3, -0.25) is 4.90 Å². The highest BCUT2D eigenvalue weighted by atomic mass is 32.2. The molecule has 1 aromatic rings. The summed E-state index contributed by atoms with van der Waals surface area (Å²) in [6.07, 6.45) is 0. The van der Waals surface area contributed by atoms with Gasteiger partial charge in [0.25, 0.3) is 0 Å². The average molecular weight is 305 g/mol. The number of piperazine rings is 1. The smallest absolute Gasteiger partial charge is 0.125 e. The molecule has 1 aliphatic heterocycles. The van der Waals surface area contributed by atoms with Gasteiger partial charge < -0.3 is 0 Å². The van der Waals surface area contributed by atoms with Crippen LogP contribution in [0.3, 0.4) is 0 Å². The predicted octanol–water partition coefficient (Wildman–Crippen LogP) is 2.11. The van der Waals surface area contributed by atoms with Crippen LogP contribution >= 0.6 is 0 Å². The molecular formula is C16H23N3OS.